The molecule has 96 valence electrons. The SMILES string of the molecule is CCOc1cc(NC(C)(C)C(C)(C)O)ncn1. The lowest BCUT2D eigenvalue weighted by Gasteiger charge is -2.38. The average Bonchev–Trinajstić information content (AvgIpc) is 2.16. The number of rotatable bonds is 5. The van der Waals surface area contributed by atoms with E-state index in [-0.39, 0.29) is 0 Å². The van der Waals surface area contributed by atoms with E-state index in [4.69, 9.17) is 4.74 Å². The number of nitrogens with zero attached hydrogens (tertiary/aromatic N) is 2. The summed E-state index contributed by atoms with van der Waals surface area (Å²) in [4.78, 5) is 8.09. The standard InChI is InChI=1S/C12H21N3O2/c1-6-17-10-7-9(13-8-14-10)15-11(2,3)12(4,5)16/h7-8,16H,6H2,1-5H3,(H,13,14,15). The predicted molar refractivity (Wildman–Crippen MR) is 67.2 cm³/mol. The van der Waals surface area contributed by atoms with Crippen molar-refractivity contribution in [2.45, 2.75) is 45.8 Å². The molecule has 0 aliphatic heterocycles. The first kappa shape index (κ1) is 13.7. The normalized spacial score (nSPS) is 12.4. The zero-order valence-electron chi connectivity index (χ0n) is 11.1. The molecule has 0 fully saturated rings. The van der Waals surface area contributed by atoms with Crippen LogP contribution >= 0.6 is 0 Å². The van der Waals surface area contributed by atoms with Crippen LogP contribution in [-0.4, -0.2) is 32.8 Å². The molecule has 0 aliphatic carbocycles. The lowest BCUT2D eigenvalue weighted by Crippen LogP contribution is -2.51. The molecule has 0 spiro atoms. The Hall–Kier alpha value is -1.36. The van der Waals surface area contributed by atoms with E-state index in [1.54, 1.807) is 19.9 Å². The van der Waals surface area contributed by atoms with Gasteiger partial charge in [0.05, 0.1) is 17.7 Å². The Kier molecular flexibility index (Phi) is 3.93. The number of hydrogen-bond donors (Lipinski definition) is 2. The minimum absolute atomic E-state index is 0.509. The molecule has 0 radical (unpaired) electrons. The van der Waals surface area contributed by atoms with Gasteiger partial charge >= 0.3 is 0 Å². The van der Waals surface area contributed by atoms with Crippen LogP contribution in [0, 0.1) is 0 Å². The lowest BCUT2D eigenvalue weighted by molar-refractivity contribution is 0.0238. The first-order chi connectivity index (χ1) is 7.76. The monoisotopic (exact) mass is 239 g/mol. The molecule has 5 nitrogen and oxygen atoms in total. The molecule has 0 aliphatic rings. The third-order valence-electron chi connectivity index (χ3n) is 2.90. The molecule has 0 unspecified atom stereocenters. The van der Waals surface area contributed by atoms with Gasteiger partial charge in [-0.1, -0.05) is 0 Å². The average molecular weight is 239 g/mol. The number of anilines is 1. The van der Waals surface area contributed by atoms with Gasteiger partial charge in [0.1, 0.15) is 12.1 Å². The van der Waals surface area contributed by atoms with Crippen molar-refractivity contribution in [1.82, 2.24) is 9.97 Å². The maximum atomic E-state index is 10.0. The first-order valence-electron chi connectivity index (χ1n) is 5.71. The molecule has 1 heterocycles. The molecule has 0 saturated carbocycles. The van der Waals surface area contributed by atoms with E-state index in [0.717, 1.165) is 0 Å². The second-order valence-electron chi connectivity index (χ2n) is 4.98. The van der Waals surface area contributed by atoms with Gasteiger partial charge in [-0.3, -0.25) is 0 Å². The molecule has 1 rings (SSSR count). The summed E-state index contributed by atoms with van der Waals surface area (Å²) in [5.41, 5.74) is -1.38. The van der Waals surface area contributed by atoms with Crippen LogP contribution in [0.4, 0.5) is 5.82 Å². The fraction of sp³-hybridized carbons (Fsp3) is 0.667. The van der Waals surface area contributed by atoms with Gasteiger partial charge in [-0.05, 0) is 34.6 Å². The summed E-state index contributed by atoms with van der Waals surface area (Å²) in [7, 11) is 0. The van der Waals surface area contributed by atoms with Gasteiger partial charge in [-0.15, -0.1) is 0 Å². The summed E-state index contributed by atoms with van der Waals surface area (Å²) in [6.45, 7) is 9.79. The quantitative estimate of drug-likeness (QED) is 0.820. The van der Waals surface area contributed by atoms with Crippen LogP contribution in [0.15, 0.2) is 12.4 Å². The maximum Gasteiger partial charge on any atom is 0.218 e. The topological polar surface area (TPSA) is 67.3 Å². The minimum atomic E-state index is -0.871. The molecule has 1 aromatic heterocycles. The van der Waals surface area contributed by atoms with Crippen LogP contribution < -0.4 is 10.1 Å². The highest BCUT2D eigenvalue weighted by atomic mass is 16.5. The van der Waals surface area contributed by atoms with Gasteiger partial charge < -0.3 is 15.2 Å². The van der Waals surface area contributed by atoms with Crippen molar-refractivity contribution >= 4 is 5.82 Å². The zero-order valence-corrected chi connectivity index (χ0v) is 11.1. The highest BCUT2D eigenvalue weighted by Crippen LogP contribution is 2.25. The van der Waals surface area contributed by atoms with Crippen LogP contribution in [0.25, 0.3) is 0 Å². The Balaban J connectivity index is 2.84. The summed E-state index contributed by atoms with van der Waals surface area (Å²) in [5.74, 6) is 1.16. The third kappa shape index (κ3) is 3.56. The molecule has 1 aromatic rings. The van der Waals surface area contributed by atoms with E-state index < -0.39 is 11.1 Å². The minimum Gasteiger partial charge on any atom is -0.478 e. The largest absolute Gasteiger partial charge is 0.478 e. The number of nitrogens with one attached hydrogen (secondary N) is 1. The molecule has 17 heavy (non-hydrogen) atoms. The van der Waals surface area contributed by atoms with Crippen molar-refractivity contribution in [1.29, 1.82) is 0 Å². The van der Waals surface area contributed by atoms with Gasteiger partial charge in [0.2, 0.25) is 5.88 Å². The fourth-order valence-corrected chi connectivity index (χ4v) is 1.11. The van der Waals surface area contributed by atoms with E-state index in [1.165, 1.54) is 6.33 Å². The van der Waals surface area contributed by atoms with E-state index in [2.05, 4.69) is 15.3 Å². The summed E-state index contributed by atoms with van der Waals surface area (Å²) in [5, 5.41) is 13.2. The summed E-state index contributed by atoms with van der Waals surface area (Å²) in [6.07, 6.45) is 1.44. The Morgan fingerprint density at radius 3 is 2.47 bits per heavy atom. The Labute approximate surface area is 102 Å². The Morgan fingerprint density at radius 1 is 1.29 bits per heavy atom. The molecule has 5 heteroatoms. The highest BCUT2D eigenvalue weighted by Gasteiger charge is 2.35. The van der Waals surface area contributed by atoms with Gasteiger partial charge in [0.15, 0.2) is 0 Å². The molecule has 2 N–H and O–H groups in total. The van der Waals surface area contributed by atoms with Crippen LogP contribution in [0.2, 0.25) is 0 Å². The van der Waals surface area contributed by atoms with Crippen molar-refractivity contribution in [2.75, 3.05) is 11.9 Å². The molecular weight excluding hydrogens is 218 g/mol. The van der Waals surface area contributed by atoms with E-state index in [1.807, 2.05) is 20.8 Å². The maximum absolute atomic E-state index is 10.0. The lowest BCUT2D eigenvalue weighted by atomic mass is 9.86. The molecule has 0 saturated heterocycles. The van der Waals surface area contributed by atoms with Gasteiger partial charge in [0, 0.05) is 6.07 Å². The number of ether oxygens (including phenoxy) is 1. The van der Waals surface area contributed by atoms with Crippen molar-refractivity contribution < 1.29 is 9.84 Å². The van der Waals surface area contributed by atoms with Crippen molar-refractivity contribution in [3.05, 3.63) is 12.4 Å². The number of aliphatic hydroxyl groups is 1. The first-order valence-corrected chi connectivity index (χ1v) is 5.71. The molecule has 0 bridgehead atoms. The summed E-state index contributed by atoms with van der Waals surface area (Å²) < 4.78 is 5.29. The van der Waals surface area contributed by atoms with Crippen molar-refractivity contribution in [3.63, 3.8) is 0 Å². The predicted octanol–water partition coefficient (Wildman–Crippen LogP) is 1.84. The second kappa shape index (κ2) is 4.87. The van der Waals surface area contributed by atoms with Crippen LogP contribution in [0.1, 0.15) is 34.6 Å². The van der Waals surface area contributed by atoms with Crippen LogP contribution in [-0.2, 0) is 0 Å². The van der Waals surface area contributed by atoms with Gasteiger partial charge in [0.25, 0.3) is 0 Å². The summed E-state index contributed by atoms with van der Waals surface area (Å²) >= 11 is 0. The molecule has 0 amide bonds. The second-order valence-corrected chi connectivity index (χ2v) is 4.98. The van der Waals surface area contributed by atoms with Crippen LogP contribution in [0.3, 0.4) is 0 Å². The van der Waals surface area contributed by atoms with E-state index >= 15 is 0 Å². The van der Waals surface area contributed by atoms with Crippen LogP contribution in [0.5, 0.6) is 5.88 Å². The van der Waals surface area contributed by atoms with Crippen molar-refractivity contribution in [3.8, 4) is 5.88 Å². The van der Waals surface area contributed by atoms with Gasteiger partial charge in [-0.2, -0.15) is 0 Å². The number of hydrogen-bond acceptors (Lipinski definition) is 5. The smallest absolute Gasteiger partial charge is 0.218 e. The molecule has 0 aromatic carbocycles. The van der Waals surface area contributed by atoms with Gasteiger partial charge in [-0.25, -0.2) is 9.97 Å². The zero-order chi connectivity index (χ0) is 13.1. The Bertz CT molecular complexity index is 372. The highest BCUT2D eigenvalue weighted by molar-refractivity contribution is 5.40. The van der Waals surface area contributed by atoms with E-state index in [9.17, 15) is 5.11 Å². The van der Waals surface area contributed by atoms with Crippen molar-refractivity contribution in [2.24, 2.45) is 0 Å². The third-order valence-corrected chi connectivity index (χ3v) is 2.90. The summed E-state index contributed by atoms with van der Waals surface area (Å²) in [6, 6.07) is 1.72. The Morgan fingerprint density at radius 2 is 1.94 bits per heavy atom. The fourth-order valence-electron chi connectivity index (χ4n) is 1.11. The van der Waals surface area contributed by atoms with E-state index in [0.29, 0.717) is 18.3 Å². The molecule has 0 atom stereocenters. The number of aromatic nitrogens is 2. The molecular formula is C12H21N3O2.